The lowest BCUT2D eigenvalue weighted by Gasteiger charge is -2.46. The summed E-state index contributed by atoms with van der Waals surface area (Å²) in [5.74, 6) is -0.527. The largest absolute Gasteiger partial charge is 0.487 e. The van der Waals surface area contributed by atoms with E-state index in [1.54, 1.807) is 13.2 Å². The number of hydrogen-bond donors (Lipinski definition) is 2. The van der Waals surface area contributed by atoms with Gasteiger partial charge in [0.15, 0.2) is 0 Å². The van der Waals surface area contributed by atoms with E-state index in [2.05, 4.69) is 30.1 Å². The number of nitrogens with zero attached hydrogens (tertiary/aromatic N) is 1. The number of ether oxygens (including phenoxy) is 2. The third-order valence-electron chi connectivity index (χ3n) is 7.20. The fourth-order valence-electron chi connectivity index (χ4n) is 5.35. The summed E-state index contributed by atoms with van der Waals surface area (Å²) in [5.41, 5.74) is 1.42. The Morgan fingerprint density at radius 2 is 2.06 bits per heavy atom. The second-order valence-electron chi connectivity index (χ2n) is 9.55. The van der Waals surface area contributed by atoms with E-state index in [9.17, 15) is 14.9 Å². The Morgan fingerprint density at radius 3 is 2.76 bits per heavy atom. The summed E-state index contributed by atoms with van der Waals surface area (Å²) in [6.07, 6.45) is 16.0. The molecule has 0 aromatic heterocycles. The molecule has 0 aromatic carbocycles. The van der Waals surface area contributed by atoms with Crippen LogP contribution in [0.5, 0.6) is 0 Å². The molecule has 180 valence electrons. The second kappa shape index (κ2) is 11.0. The van der Waals surface area contributed by atoms with E-state index in [1.807, 2.05) is 6.08 Å². The molecule has 0 spiro atoms. The van der Waals surface area contributed by atoms with Gasteiger partial charge in [0.25, 0.3) is 0 Å². The van der Waals surface area contributed by atoms with E-state index in [0.29, 0.717) is 25.2 Å². The highest BCUT2D eigenvalue weighted by atomic mass is 16.5. The van der Waals surface area contributed by atoms with Gasteiger partial charge in [-0.25, -0.2) is 4.79 Å². The summed E-state index contributed by atoms with van der Waals surface area (Å²) in [6, 6.07) is 0. The Hall–Kier alpha value is -1.87. The number of methoxy groups -OCH3 is 1. The molecule has 4 atom stereocenters. The molecule has 2 heterocycles. The molecular weight excluding hydrogens is 421 g/mol. The molecule has 33 heavy (non-hydrogen) atoms. The van der Waals surface area contributed by atoms with E-state index in [4.69, 9.17) is 14.1 Å². The zero-order chi connectivity index (χ0) is 23.4. The molecule has 0 saturated carbocycles. The Labute approximate surface area is 196 Å². The summed E-state index contributed by atoms with van der Waals surface area (Å²) < 4.78 is 17.8. The average Bonchev–Trinajstić information content (AvgIpc) is 2.87. The minimum Gasteiger partial charge on any atom is -0.487 e. The molecule has 8 heteroatoms. The number of carboxylic acids is 1. The van der Waals surface area contributed by atoms with Crippen molar-refractivity contribution < 1.29 is 29.1 Å². The second-order valence-corrected chi connectivity index (χ2v) is 9.55. The SMILES string of the molecule is COC([C@H](C)C1=CCCC=C1)N1CC(OC2=C(C(=O)O)C3OB(O)CCCCCC3C=C2)C1. The molecule has 3 unspecified atom stereocenters. The summed E-state index contributed by atoms with van der Waals surface area (Å²) in [4.78, 5) is 14.4. The Kier molecular flexibility index (Phi) is 8.12. The van der Waals surface area contributed by atoms with Crippen LogP contribution in [0.25, 0.3) is 0 Å². The third kappa shape index (κ3) is 5.62. The van der Waals surface area contributed by atoms with Gasteiger partial charge in [-0.3, -0.25) is 4.90 Å². The topological polar surface area (TPSA) is 88.5 Å². The highest BCUT2D eigenvalue weighted by molar-refractivity contribution is 6.42. The summed E-state index contributed by atoms with van der Waals surface area (Å²) in [7, 11) is 0.779. The maximum absolute atomic E-state index is 12.2. The van der Waals surface area contributed by atoms with Crippen molar-refractivity contribution in [2.45, 2.75) is 70.2 Å². The van der Waals surface area contributed by atoms with Crippen molar-refractivity contribution in [3.63, 3.8) is 0 Å². The van der Waals surface area contributed by atoms with Crippen LogP contribution in [0.15, 0.2) is 47.3 Å². The molecular formula is C25H36BNO6. The molecule has 2 saturated heterocycles. The number of hydrogen-bond acceptors (Lipinski definition) is 6. The minimum absolute atomic E-state index is 0.0501. The van der Waals surface area contributed by atoms with Crippen LogP contribution in [-0.4, -0.2) is 66.8 Å². The lowest BCUT2D eigenvalue weighted by atomic mass is 9.81. The van der Waals surface area contributed by atoms with Crippen molar-refractivity contribution in [1.82, 2.24) is 4.90 Å². The highest BCUT2D eigenvalue weighted by Crippen LogP contribution is 2.35. The molecule has 2 aliphatic heterocycles. The minimum atomic E-state index is -1.05. The van der Waals surface area contributed by atoms with Crippen molar-refractivity contribution >= 4 is 13.1 Å². The van der Waals surface area contributed by atoms with Gasteiger partial charge in [0.2, 0.25) is 0 Å². The molecule has 0 amide bonds. The van der Waals surface area contributed by atoms with Gasteiger partial charge in [-0.2, -0.15) is 0 Å². The van der Waals surface area contributed by atoms with E-state index < -0.39 is 19.2 Å². The number of carbonyl (C=O) groups is 1. The molecule has 4 rings (SSSR count). The fourth-order valence-corrected chi connectivity index (χ4v) is 5.35. The standard InChI is InChI=1S/C25H36BNO6/c1-17(18-9-5-3-6-10-18)24(31-2)27-15-20(16-27)32-21-13-12-19-11-7-4-8-14-26(30)33-23(19)22(21)25(28)29/h5,9-10,12-13,17,19-20,23-24,30H,3-4,6-8,11,14-16H2,1-2H3,(H,28,29)/t17-,19?,23?,24?/m1/s1. The first kappa shape index (κ1) is 24.3. The van der Waals surface area contributed by atoms with Gasteiger partial charge in [-0.15, -0.1) is 0 Å². The summed E-state index contributed by atoms with van der Waals surface area (Å²) in [5, 5.41) is 20.2. The van der Waals surface area contributed by atoms with Crippen LogP contribution in [0.4, 0.5) is 0 Å². The first-order valence-corrected chi connectivity index (χ1v) is 12.3. The molecule has 2 N–H and O–H groups in total. The van der Waals surface area contributed by atoms with Gasteiger partial charge < -0.3 is 24.3 Å². The van der Waals surface area contributed by atoms with Gasteiger partial charge in [0.05, 0.1) is 6.10 Å². The zero-order valence-corrected chi connectivity index (χ0v) is 19.7. The number of allylic oxidation sites excluding steroid dienone is 4. The van der Waals surface area contributed by atoms with E-state index in [0.717, 1.165) is 38.5 Å². The highest BCUT2D eigenvalue weighted by Gasteiger charge is 2.41. The van der Waals surface area contributed by atoms with Gasteiger partial charge >= 0.3 is 13.1 Å². The van der Waals surface area contributed by atoms with E-state index in [1.165, 1.54) is 5.57 Å². The summed E-state index contributed by atoms with van der Waals surface area (Å²) >= 11 is 0. The van der Waals surface area contributed by atoms with E-state index >= 15 is 0 Å². The van der Waals surface area contributed by atoms with Crippen LogP contribution in [0, 0.1) is 11.8 Å². The smallest absolute Gasteiger partial charge is 0.454 e. The molecule has 2 aliphatic carbocycles. The Morgan fingerprint density at radius 1 is 1.24 bits per heavy atom. The number of carboxylic acid groups (broad SMARTS) is 1. The first-order valence-electron chi connectivity index (χ1n) is 12.3. The van der Waals surface area contributed by atoms with Crippen molar-refractivity contribution in [2.24, 2.45) is 11.8 Å². The lowest BCUT2D eigenvalue weighted by Crippen LogP contribution is -2.58. The molecule has 2 fully saturated rings. The van der Waals surface area contributed by atoms with Crippen LogP contribution in [-0.2, 0) is 18.9 Å². The van der Waals surface area contributed by atoms with Crippen molar-refractivity contribution in [2.75, 3.05) is 20.2 Å². The fraction of sp³-hybridized carbons (Fsp3) is 0.640. The van der Waals surface area contributed by atoms with Gasteiger partial charge in [-0.05, 0) is 37.2 Å². The third-order valence-corrected chi connectivity index (χ3v) is 7.20. The normalized spacial score (nSPS) is 28.7. The molecule has 0 bridgehead atoms. The summed E-state index contributed by atoms with van der Waals surface area (Å²) in [6.45, 7) is 3.52. The number of aliphatic carboxylic acids is 1. The van der Waals surface area contributed by atoms with Crippen molar-refractivity contribution in [3.05, 3.63) is 47.3 Å². The van der Waals surface area contributed by atoms with Crippen LogP contribution in [0.1, 0.15) is 45.4 Å². The Balaban J connectivity index is 1.42. The molecule has 0 aromatic rings. The average molecular weight is 457 g/mol. The van der Waals surface area contributed by atoms with Gasteiger partial charge in [-0.1, -0.05) is 50.5 Å². The number of rotatable bonds is 7. The monoisotopic (exact) mass is 457 g/mol. The van der Waals surface area contributed by atoms with Crippen molar-refractivity contribution in [1.29, 1.82) is 0 Å². The maximum Gasteiger partial charge on any atom is 0.454 e. The van der Waals surface area contributed by atoms with Gasteiger partial charge in [0, 0.05) is 32.0 Å². The number of fused-ring (bicyclic) bond motifs is 1. The number of likely N-dealkylation sites (tertiary alicyclic amines) is 1. The first-order chi connectivity index (χ1) is 16.0. The van der Waals surface area contributed by atoms with Crippen LogP contribution >= 0.6 is 0 Å². The van der Waals surface area contributed by atoms with Crippen LogP contribution in [0.3, 0.4) is 0 Å². The van der Waals surface area contributed by atoms with Gasteiger partial charge in [0.1, 0.15) is 23.7 Å². The lowest BCUT2D eigenvalue weighted by molar-refractivity contribution is -0.140. The predicted octanol–water partition coefficient (Wildman–Crippen LogP) is 3.54. The Bertz CT molecular complexity index is 831. The van der Waals surface area contributed by atoms with Crippen molar-refractivity contribution in [3.8, 4) is 0 Å². The molecule has 4 aliphatic rings. The maximum atomic E-state index is 12.2. The molecule has 0 radical (unpaired) electrons. The zero-order valence-electron chi connectivity index (χ0n) is 19.7. The molecule has 7 nitrogen and oxygen atoms in total. The quantitative estimate of drug-likeness (QED) is 0.566. The van der Waals surface area contributed by atoms with E-state index in [-0.39, 0.29) is 29.7 Å². The van der Waals surface area contributed by atoms with Crippen LogP contribution < -0.4 is 0 Å². The van der Waals surface area contributed by atoms with Crippen LogP contribution in [0.2, 0.25) is 6.32 Å². The predicted molar refractivity (Wildman–Crippen MR) is 126 cm³/mol.